The molecule has 3 rings (SSSR count). The largest absolute Gasteiger partial charge is 0.388 e. The van der Waals surface area contributed by atoms with Crippen LogP contribution in [0.1, 0.15) is 60.1 Å². The predicted molar refractivity (Wildman–Crippen MR) is 87.7 cm³/mol. The highest BCUT2D eigenvalue weighted by Crippen LogP contribution is 2.27. The van der Waals surface area contributed by atoms with Gasteiger partial charge in [-0.1, -0.05) is 56.3 Å². The summed E-state index contributed by atoms with van der Waals surface area (Å²) in [4.78, 5) is 0. The van der Waals surface area contributed by atoms with E-state index in [2.05, 4.69) is 56.3 Å². The summed E-state index contributed by atoms with van der Waals surface area (Å²) in [5, 5.41) is 10.5. The molecule has 1 N–H and O–H groups in total. The monoisotopic (exact) mass is 280 g/mol. The van der Waals surface area contributed by atoms with E-state index in [-0.39, 0.29) is 0 Å². The molecule has 0 fully saturated rings. The normalized spacial score (nSPS) is 15.2. The molecule has 2 aromatic rings. The zero-order valence-corrected chi connectivity index (χ0v) is 13.0. The van der Waals surface area contributed by atoms with Gasteiger partial charge in [-0.2, -0.15) is 0 Å². The smallest absolute Gasteiger partial charge is 0.0830 e. The lowest BCUT2D eigenvalue weighted by Crippen LogP contribution is -2.03. The van der Waals surface area contributed by atoms with Crippen molar-refractivity contribution in [3.8, 4) is 0 Å². The molecule has 0 aliphatic heterocycles. The summed E-state index contributed by atoms with van der Waals surface area (Å²) in [6.45, 7) is 4.41. The highest BCUT2D eigenvalue weighted by atomic mass is 16.3. The first-order chi connectivity index (χ1) is 10.1. The lowest BCUT2D eigenvalue weighted by Gasteiger charge is -2.14. The number of aliphatic hydroxyl groups excluding tert-OH is 1. The van der Waals surface area contributed by atoms with Gasteiger partial charge in [0.1, 0.15) is 0 Å². The van der Waals surface area contributed by atoms with E-state index < -0.39 is 6.10 Å². The topological polar surface area (TPSA) is 20.2 Å². The quantitative estimate of drug-likeness (QED) is 0.869. The molecule has 1 aliphatic rings. The Balaban J connectivity index is 1.72. The summed E-state index contributed by atoms with van der Waals surface area (Å²) < 4.78 is 0. The molecule has 1 aliphatic carbocycles. The Morgan fingerprint density at radius 3 is 2.29 bits per heavy atom. The zero-order chi connectivity index (χ0) is 14.8. The molecule has 0 amide bonds. The van der Waals surface area contributed by atoms with Crippen molar-refractivity contribution in [3.05, 3.63) is 70.3 Å². The van der Waals surface area contributed by atoms with Crippen LogP contribution in [0.5, 0.6) is 0 Å². The fourth-order valence-electron chi connectivity index (χ4n) is 3.18. The van der Waals surface area contributed by atoms with Crippen LogP contribution in [-0.2, 0) is 19.3 Å². The standard InChI is InChI=1S/C20H24O/c1-14(2)16-8-6-15(7-9-16)12-20(21)19-11-10-17-4-3-5-18(17)13-19/h6-11,13-14,20-21H,3-5,12H2,1-2H3. The molecule has 1 unspecified atom stereocenters. The van der Waals surface area contributed by atoms with Gasteiger partial charge in [-0.15, -0.1) is 0 Å². The predicted octanol–water partition coefficient (Wildman–Crippen LogP) is 4.57. The zero-order valence-electron chi connectivity index (χ0n) is 13.0. The maximum absolute atomic E-state index is 10.5. The van der Waals surface area contributed by atoms with Gasteiger partial charge in [-0.3, -0.25) is 0 Å². The van der Waals surface area contributed by atoms with E-state index in [1.807, 2.05) is 0 Å². The summed E-state index contributed by atoms with van der Waals surface area (Å²) in [6, 6.07) is 15.1. The maximum Gasteiger partial charge on any atom is 0.0830 e. The number of aryl methyl sites for hydroxylation is 2. The van der Waals surface area contributed by atoms with Gasteiger partial charge in [-0.05, 0) is 53.0 Å². The van der Waals surface area contributed by atoms with Crippen LogP contribution >= 0.6 is 0 Å². The van der Waals surface area contributed by atoms with E-state index >= 15 is 0 Å². The van der Waals surface area contributed by atoms with E-state index in [1.54, 1.807) is 0 Å². The number of hydrogen-bond acceptors (Lipinski definition) is 1. The molecule has 0 radical (unpaired) electrons. The third-order valence-electron chi connectivity index (χ3n) is 4.58. The SMILES string of the molecule is CC(C)c1ccc(CC(O)c2ccc3c(c2)CCC3)cc1. The Bertz CT molecular complexity index is 610. The summed E-state index contributed by atoms with van der Waals surface area (Å²) >= 11 is 0. The Hall–Kier alpha value is -1.60. The molecule has 1 nitrogen and oxygen atoms in total. The fraction of sp³-hybridized carbons (Fsp3) is 0.400. The number of benzene rings is 2. The number of rotatable bonds is 4. The van der Waals surface area contributed by atoms with Crippen LogP contribution in [0.15, 0.2) is 42.5 Å². The van der Waals surface area contributed by atoms with Crippen LogP contribution in [0.2, 0.25) is 0 Å². The van der Waals surface area contributed by atoms with E-state index in [0.717, 1.165) is 5.56 Å². The van der Waals surface area contributed by atoms with Crippen molar-refractivity contribution in [1.29, 1.82) is 0 Å². The lowest BCUT2D eigenvalue weighted by molar-refractivity contribution is 0.178. The molecular formula is C20H24O. The molecule has 0 spiro atoms. The van der Waals surface area contributed by atoms with Crippen LogP contribution in [0.3, 0.4) is 0 Å². The van der Waals surface area contributed by atoms with Gasteiger partial charge in [-0.25, -0.2) is 0 Å². The van der Waals surface area contributed by atoms with Gasteiger partial charge in [0.05, 0.1) is 6.10 Å². The van der Waals surface area contributed by atoms with Crippen molar-refractivity contribution in [2.24, 2.45) is 0 Å². The van der Waals surface area contributed by atoms with Crippen LogP contribution in [-0.4, -0.2) is 5.11 Å². The molecule has 0 saturated carbocycles. The number of fused-ring (bicyclic) bond motifs is 1. The molecule has 21 heavy (non-hydrogen) atoms. The number of hydrogen-bond donors (Lipinski definition) is 1. The Kier molecular flexibility index (Phi) is 4.12. The molecule has 1 atom stereocenters. The average molecular weight is 280 g/mol. The minimum absolute atomic E-state index is 0.402. The van der Waals surface area contributed by atoms with Crippen LogP contribution in [0, 0.1) is 0 Å². The molecular weight excluding hydrogens is 256 g/mol. The van der Waals surface area contributed by atoms with Crippen molar-refractivity contribution in [3.63, 3.8) is 0 Å². The molecule has 0 heterocycles. The Labute approximate surface area is 127 Å². The fourth-order valence-corrected chi connectivity index (χ4v) is 3.18. The third kappa shape index (κ3) is 3.19. The summed E-state index contributed by atoms with van der Waals surface area (Å²) in [5.41, 5.74) is 6.51. The molecule has 110 valence electrons. The van der Waals surface area contributed by atoms with Crippen molar-refractivity contribution < 1.29 is 5.11 Å². The van der Waals surface area contributed by atoms with E-state index in [0.29, 0.717) is 12.3 Å². The second-order valence-electron chi connectivity index (χ2n) is 6.50. The van der Waals surface area contributed by atoms with Crippen LogP contribution in [0.25, 0.3) is 0 Å². The van der Waals surface area contributed by atoms with Crippen molar-refractivity contribution in [2.45, 2.75) is 51.6 Å². The average Bonchev–Trinajstić information content (AvgIpc) is 2.95. The first-order valence-electron chi connectivity index (χ1n) is 8.02. The molecule has 1 heteroatoms. The van der Waals surface area contributed by atoms with Gasteiger partial charge in [0.2, 0.25) is 0 Å². The third-order valence-corrected chi connectivity index (χ3v) is 4.58. The summed E-state index contributed by atoms with van der Waals surface area (Å²) in [6.07, 6.45) is 3.91. The minimum Gasteiger partial charge on any atom is -0.388 e. The lowest BCUT2D eigenvalue weighted by atomic mass is 9.96. The van der Waals surface area contributed by atoms with Crippen LogP contribution in [0.4, 0.5) is 0 Å². The first kappa shape index (κ1) is 14.3. The molecule has 2 aromatic carbocycles. The Morgan fingerprint density at radius 2 is 1.57 bits per heavy atom. The van der Waals surface area contributed by atoms with Crippen LogP contribution < -0.4 is 0 Å². The number of aliphatic hydroxyl groups is 1. The van der Waals surface area contributed by atoms with E-state index in [9.17, 15) is 5.11 Å². The molecule has 0 bridgehead atoms. The van der Waals surface area contributed by atoms with Gasteiger partial charge in [0.25, 0.3) is 0 Å². The van der Waals surface area contributed by atoms with Gasteiger partial charge >= 0.3 is 0 Å². The van der Waals surface area contributed by atoms with Gasteiger partial charge in [0, 0.05) is 6.42 Å². The van der Waals surface area contributed by atoms with Crippen molar-refractivity contribution >= 4 is 0 Å². The van der Waals surface area contributed by atoms with Crippen molar-refractivity contribution in [1.82, 2.24) is 0 Å². The second kappa shape index (κ2) is 6.03. The second-order valence-corrected chi connectivity index (χ2v) is 6.50. The van der Waals surface area contributed by atoms with Gasteiger partial charge < -0.3 is 5.11 Å². The highest BCUT2D eigenvalue weighted by Gasteiger charge is 2.15. The first-order valence-corrected chi connectivity index (χ1v) is 8.02. The van der Waals surface area contributed by atoms with E-state index in [1.165, 1.54) is 41.5 Å². The Morgan fingerprint density at radius 1 is 0.905 bits per heavy atom. The van der Waals surface area contributed by atoms with Gasteiger partial charge in [0.15, 0.2) is 0 Å². The highest BCUT2D eigenvalue weighted by molar-refractivity contribution is 5.37. The summed E-state index contributed by atoms with van der Waals surface area (Å²) in [5.74, 6) is 0.556. The van der Waals surface area contributed by atoms with Crippen molar-refractivity contribution in [2.75, 3.05) is 0 Å². The maximum atomic E-state index is 10.5. The molecule has 0 saturated heterocycles. The summed E-state index contributed by atoms with van der Waals surface area (Å²) in [7, 11) is 0. The minimum atomic E-state index is -0.402. The molecule has 0 aromatic heterocycles. The van der Waals surface area contributed by atoms with E-state index in [4.69, 9.17) is 0 Å².